The van der Waals surface area contributed by atoms with E-state index in [9.17, 15) is 4.79 Å². The SMILES string of the molecule is Cc1cc(Cl)nc(NC(=O)C2CCCCS2)n1. The summed E-state index contributed by atoms with van der Waals surface area (Å²) < 4.78 is 0. The highest BCUT2D eigenvalue weighted by Crippen LogP contribution is 2.25. The van der Waals surface area contributed by atoms with Crippen LogP contribution >= 0.6 is 23.4 Å². The van der Waals surface area contributed by atoms with E-state index in [4.69, 9.17) is 11.6 Å². The lowest BCUT2D eigenvalue weighted by molar-refractivity contribution is -0.115. The number of rotatable bonds is 2. The van der Waals surface area contributed by atoms with Crippen LogP contribution in [0.25, 0.3) is 0 Å². The van der Waals surface area contributed by atoms with Gasteiger partial charge in [0.15, 0.2) is 0 Å². The number of nitrogens with one attached hydrogen (secondary N) is 1. The van der Waals surface area contributed by atoms with Crippen LogP contribution in [-0.2, 0) is 4.79 Å². The summed E-state index contributed by atoms with van der Waals surface area (Å²) in [6.07, 6.45) is 3.23. The van der Waals surface area contributed by atoms with E-state index in [1.807, 2.05) is 6.92 Å². The Bertz CT molecular complexity index is 401. The highest BCUT2D eigenvalue weighted by molar-refractivity contribution is 8.00. The minimum Gasteiger partial charge on any atom is -0.294 e. The average Bonchev–Trinajstić information content (AvgIpc) is 2.28. The number of amides is 1. The van der Waals surface area contributed by atoms with Crippen molar-refractivity contribution in [2.45, 2.75) is 31.4 Å². The zero-order valence-corrected chi connectivity index (χ0v) is 11.1. The Morgan fingerprint density at radius 1 is 1.53 bits per heavy atom. The summed E-state index contributed by atoms with van der Waals surface area (Å²) in [6.45, 7) is 1.82. The van der Waals surface area contributed by atoms with E-state index < -0.39 is 0 Å². The second-order valence-corrected chi connectivity index (χ2v) is 5.70. The van der Waals surface area contributed by atoms with Gasteiger partial charge in [-0.2, -0.15) is 0 Å². The van der Waals surface area contributed by atoms with Gasteiger partial charge in [-0.15, -0.1) is 11.8 Å². The van der Waals surface area contributed by atoms with Gasteiger partial charge < -0.3 is 0 Å². The molecule has 0 aliphatic carbocycles. The molecule has 1 N–H and O–H groups in total. The third kappa shape index (κ3) is 3.57. The number of carbonyl (C=O) groups excluding carboxylic acids is 1. The first-order chi connectivity index (χ1) is 8.15. The van der Waals surface area contributed by atoms with Gasteiger partial charge in [0.1, 0.15) is 5.15 Å². The van der Waals surface area contributed by atoms with E-state index in [0.29, 0.717) is 11.1 Å². The molecule has 0 aromatic carbocycles. The first-order valence-electron chi connectivity index (χ1n) is 5.59. The van der Waals surface area contributed by atoms with Gasteiger partial charge in [-0.05, 0) is 31.6 Å². The Hall–Kier alpha value is -0.810. The molecule has 17 heavy (non-hydrogen) atoms. The van der Waals surface area contributed by atoms with Gasteiger partial charge in [0.05, 0.1) is 5.25 Å². The topological polar surface area (TPSA) is 54.9 Å². The lowest BCUT2D eigenvalue weighted by atomic mass is 10.2. The monoisotopic (exact) mass is 271 g/mol. The second kappa shape index (κ2) is 5.69. The number of halogens is 1. The minimum absolute atomic E-state index is 0.0173. The van der Waals surface area contributed by atoms with Crippen molar-refractivity contribution in [3.05, 3.63) is 16.9 Å². The lowest BCUT2D eigenvalue weighted by Gasteiger charge is -2.19. The molecule has 2 rings (SSSR count). The molecule has 1 unspecified atom stereocenters. The summed E-state index contributed by atoms with van der Waals surface area (Å²) in [4.78, 5) is 20.0. The Morgan fingerprint density at radius 3 is 3.00 bits per heavy atom. The summed E-state index contributed by atoms with van der Waals surface area (Å²) in [5.41, 5.74) is 0.747. The number of hydrogen-bond donors (Lipinski definition) is 1. The quantitative estimate of drug-likeness (QED) is 0.841. The highest BCUT2D eigenvalue weighted by atomic mass is 35.5. The van der Waals surface area contributed by atoms with Crippen molar-refractivity contribution in [3.8, 4) is 0 Å². The zero-order chi connectivity index (χ0) is 12.3. The number of hydrogen-bond acceptors (Lipinski definition) is 4. The molecule has 1 aliphatic heterocycles. The molecular weight excluding hydrogens is 258 g/mol. The molecule has 1 fully saturated rings. The number of nitrogens with zero attached hydrogens (tertiary/aromatic N) is 2. The molecule has 0 bridgehead atoms. The molecule has 0 saturated carbocycles. The van der Waals surface area contributed by atoms with E-state index in [0.717, 1.165) is 24.3 Å². The van der Waals surface area contributed by atoms with Gasteiger partial charge >= 0.3 is 0 Å². The predicted octanol–water partition coefficient (Wildman–Crippen LogP) is 2.66. The van der Waals surface area contributed by atoms with Crippen molar-refractivity contribution >= 4 is 35.2 Å². The maximum atomic E-state index is 11.9. The Morgan fingerprint density at radius 2 is 2.35 bits per heavy atom. The molecule has 1 aromatic rings. The van der Waals surface area contributed by atoms with Gasteiger partial charge in [-0.3, -0.25) is 10.1 Å². The van der Waals surface area contributed by atoms with Crippen molar-refractivity contribution in [1.82, 2.24) is 9.97 Å². The number of aromatic nitrogens is 2. The Balaban J connectivity index is 2.01. The smallest absolute Gasteiger partial charge is 0.239 e. The zero-order valence-electron chi connectivity index (χ0n) is 9.57. The van der Waals surface area contributed by atoms with Gasteiger partial charge in [0, 0.05) is 5.69 Å². The summed E-state index contributed by atoms with van der Waals surface area (Å²) in [6, 6.07) is 1.66. The van der Waals surface area contributed by atoms with Crippen LogP contribution in [0.5, 0.6) is 0 Å². The van der Waals surface area contributed by atoms with Crippen molar-refractivity contribution in [3.63, 3.8) is 0 Å². The second-order valence-electron chi connectivity index (χ2n) is 4.00. The number of thioether (sulfide) groups is 1. The van der Waals surface area contributed by atoms with Gasteiger partial charge in [-0.25, -0.2) is 9.97 Å². The van der Waals surface area contributed by atoms with Crippen LogP contribution in [0.4, 0.5) is 5.95 Å². The molecular formula is C11H14ClN3OS. The molecule has 1 saturated heterocycles. The fraction of sp³-hybridized carbons (Fsp3) is 0.545. The highest BCUT2D eigenvalue weighted by Gasteiger charge is 2.22. The molecule has 2 heterocycles. The van der Waals surface area contributed by atoms with Crippen molar-refractivity contribution in [1.29, 1.82) is 0 Å². The number of aryl methyl sites for hydroxylation is 1. The third-order valence-electron chi connectivity index (χ3n) is 2.53. The maximum Gasteiger partial charge on any atom is 0.239 e. The van der Waals surface area contributed by atoms with E-state index >= 15 is 0 Å². The molecule has 6 heteroatoms. The molecule has 1 aliphatic rings. The molecule has 0 spiro atoms. The van der Waals surface area contributed by atoms with E-state index in [-0.39, 0.29) is 11.2 Å². The van der Waals surface area contributed by atoms with Crippen LogP contribution in [0.3, 0.4) is 0 Å². The van der Waals surface area contributed by atoms with E-state index in [1.54, 1.807) is 17.8 Å². The third-order valence-corrected chi connectivity index (χ3v) is 4.10. The lowest BCUT2D eigenvalue weighted by Crippen LogP contribution is -2.28. The molecule has 92 valence electrons. The predicted molar refractivity (Wildman–Crippen MR) is 70.5 cm³/mol. The maximum absolute atomic E-state index is 11.9. The molecule has 0 radical (unpaired) electrons. The standard InChI is InChI=1S/C11H14ClN3OS/c1-7-6-9(12)14-11(13-7)15-10(16)8-4-2-3-5-17-8/h6,8H,2-5H2,1H3,(H,13,14,15,16). The van der Waals surface area contributed by atoms with Crippen molar-refractivity contribution < 1.29 is 4.79 Å². The van der Waals surface area contributed by atoms with Crippen LogP contribution in [0.15, 0.2) is 6.07 Å². The van der Waals surface area contributed by atoms with Crippen molar-refractivity contribution in [2.24, 2.45) is 0 Å². The first-order valence-corrected chi connectivity index (χ1v) is 7.01. The average molecular weight is 272 g/mol. The summed E-state index contributed by atoms with van der Waals surface area (Å²) in [5, 5.41) is 3.10. The Labute approximate surface area is 110 Å². The van der Waals surface area contributed by atoms with Gasteiger partial charge in [0.2, 0.25) is 11.9 Å². The Kier molecular flexibility index (Phi) is 4.23. The van der Waals surface area contributed by atoms with Crippen LogP contribution in [0.2, 0.25) is 5.15 Å². The number of carbonyl (C=O) groups is 1. The van der Waals surface area contributed by atoms with Gasteiger partial charge in [-0.1, -0.05) is 18.0 Å². The summed E-state index contributed by atoms with van der Waals surface area (Å²) in [5.74, 6) is 1.33. The summed E-state index contributed by atoms with van der Waals surface area (Å²) in [7, 11) is 0. The van der Waals surface area contributed by atoms with Gasteiger partial charge in [0.25, 0.3) is 0 Å². The van der Waals surface area contributed by atoms with E-state index in [2.05, 4.69) is 15.3 Å². The summed E-state index contributed by atoms with van der Waals surface area (Å²) >= 11 is 7.51. The fourth-order valence-corrected chi connectivity index (χ4v) is 3.16. The van der Waals surface area contributed by atoms with Crippen LogP contribution in [0.1, 0.15) is 25.0 Å². The molecule has 1 atom stereocenters. The first kappa shape index (κ1) is 12.6. The normalized spacial score (nSPS) is 20.0. The van der Waals surface area contributed by atoms with Crippen LogP contribution < -0.4 is 5.32 Å². The largest absolute Gasteiger partial charge is 0.294 e. The molecule has 4 nitrogen and oxygen atoms in total. The molecule has 1 amide bonds. The van der Waals surface area contributed by atoms with E-state index in [1.165, 1.54) is 6.42 Å². The minimum atomic E-state index is -0.0173. The fourth-order valence-electron chi connectivity index (χ4n) is 1.72. The molecule has 1 aromatic heterocycles. The van der Waals surface area contributed by atoms with Crippen LogP contribution in [-0.4, -0.2) is 26.9 Å². The number of anilines is 1. The van der Waals surface area contributed by atoms with Crippen LogP contribution in [0, 0.1) is 6.92 Å². The van der Waals surface area contributed by atoms with Crippen molar-refractivity contribution in [2.75, 3.05) is 11.1 Å².